The van der Waals surface area contributed by atoms with Gasteiger partial charge in [-0.05, 0) is 55.3 Å². The molecule has 3 rings (SSSR count). The highest BCUT2D eigenvalue weighted by molar-refractivity contribution is 7.89. The molecule has 9 heteroatoms. The molecule has 0 radical (unpaired) electrons. The summed E-state index contributed by atoms with van der Waals surface area (Å²) in [5.74, 6) is -1.11. The number of nitrogens with one attached hydrogen (secondary N) is 1. The second-order valence-corrected chi connectivity index (χ2v) is 9.03. The first-order valence-electron chi connectivity index (χ1n) is 8.29. The molecule has 1 heterocycles. The Balaban J connectivity index is 1.63. The van der Waals surface area contributed by atoms with Crippen molar-refractivity contribution in [3.05, 3.63) is 58.3 Å². The van der Waals surface area contributed by atoms with Crippen molar-refractivity contribution < 1.29 is 17.6 Å². The molecule has 0 saturated carbocycles. The van der Waals surface area contributed by atoms with Crippen molar-refractivity contribution in [1.82, 2.24) is 4.31 Å². The third-order valence-corrected chi connectivity index (χ3v) is 6.90. The van der Waals surface area contributed by atoms with Gasteiger partial charge in [-0.1, -0.05) is 23.2 Å². The van der Waals surface area contributed by atoms with Crippen LogP contribution in [0.5, 0.6) is 0 Å². The molecule has 27 heavy (non-hydrogen) atoms. The lowest BCUT2D eigenvalue weighted by molar-refractivity contribution is -0.120. The Hall–Kier alpha value is -1.67. The maximum Gasteiger partial charge on any atom is 0.243 e. The second kappa shape index (κ2) is 8.14. The number of rotatable bonds is 4. The normalized spacial score (nSPS) is 16.3. The number of sulfonamides is 1. The highest BCUT2D eigenvalue weighted by Gasteiger charge is 2.32. The zero-order valence-corrected chi connectivity index (χ0v) is 16.5. The molecule has 0 bridgehead atoms. The number of piperidine rings is 1. The zero-order valence-electron chi connectivity index (χ0n) is 14.2. The minimum absolute atomic E-state index is 0.0574. The van der Waals surface area contributed by atoms with E-state index >= 15 is 0 Å². The van der Waals surface area contributed by atoms with E-state index in [4.69, 9.17) is 23.2 Å². The lowest BCUT2D eigenvalue weighted by Gasteiger charge is -2.30. The fourth-order valence-corrected chi connectivity index (χ4v) is 4.79. The van der Waals surface area contributed by atoms with Crippen LogP contribution in [0.15, 0.2) is 47.4 Å². The molecule has 0 spiro atoms. The molecular formula is C18H17Cl2FN2O3S. The summed E-state index contributed by atoms with van der Waals surface area (Å²) >= 11 is 11.5. The molecule has 2 aromatic rings. The quantitative estimate of drug-likeness (QED) is 0.790. The lowest BCUT2D eigenvalue weighted by atomic mass is 9.97. The Bertz CT molecular complexity index is 944. The van der Waals surface area contributed by atoms with Crippen molar-refractivity contribution in [3.63, 3.8) is 0 Å². The number of carbonyl (C=O) groups is 1. The standard InChI is InChI=1S/C18H17Cl2FN2O3S/c19-13-1-3-14(4-2-13)22-18(24)12-7-9-23(10-8-12)27(25,26)15-5-6-17(21)16(20)11-15/h1-6,11-12H,7-10H2,(H,22,24). The van der Waals surface area contributed by atoms with Crippen LogP contribution in [-0.2, 0) is 14.8 Å². The molecule has 144 valence electrons. The van der Waals surface area contributed by atoms with Crippen molar-refractivity contribution in [2.24, 2.45) is 5.92 Å². The molecule has 1 aliphatic rings. The average molecular weight is 431 g/mol. The van der Waals surface area contributed by atoms with Crippen LogP contribution < -0.4 is 5.32 Å². The third-order valence-electron chi connectivity index (χ3n) is 4.47. The van der Waals surface area contributed by atoms with Gasteiger partial charge in [-0.15, -0.1) is 0 Å². The number of hydrogen-bond acceptors (Lipinski definition) is 3. The van der Waals surface area contributed by atoms with Gasteiger partial charge in [-0.3, -0.25) is 4.79 Å². The largest absolute Gasteiger partial charge is 0.326 e. The van der Waals surface area contributed by atoms with E-state index in [1.165, 1.54) is 10.4 Å². The van der Waals surface area contributed by atoms with Gasteiger partial charge < -0.3 is 5.32 Å². The summed E-state index contributed by atoms with van der Waals surface area (Å²) in [5.41, 5.74) is 0.639. The molecule has 5 nitrogen and oxygen atoms in total. The summed E-state index contributed by atoms with van der Waals surface area (Å²) in [4.78, 5) is 12.3. The number of anilines is 1. The van der Waals surface area contributed by atoms with Gasteiger partial charge >= 0.3 is 0 Å². The Kier molecular flexibility index (Phi) is 6.05. The predicted molar refractivity (Wildman–Crippen MR) is 103 cm³/mol. The predicted octanol–water partition coefficient (Wildman–Crippen LogP) is 4.17. The molecule has 0 unspecified atom stereocenters. The van der Waals surface area contributed by atoms with E-state index < -0.39 is 15.8 Å². The Morgan fingerprint density at radius 3 is 2.30 bits per heavy atom. The number of hydrogen-bond donors (Lipinski definition) is 1. The van der Waals surface area contributed by atoms with Gasteiger partial charge in [0, 0.05) is 29.7 Å². The van der Waals surface area contributed by atoms with Gasteiger partial charge in [0.2, 0.25) is 15.9 Å². The number of benzene rings is 2. The maximum atomic E-state index is 13.3. The molecule has 1 aliphatic heterocycles. The van der Waals surface area contributed by atoms with Gasteiger partial charge in [-0.2, -0.15) is 4.31 Å². The van der Waals surface area contributed by atoms with E-state index in [1.54, 1.807) is 24.3 Å². The fraction of sp³-hybridized carbons (Fsp3) is 0.278. The Morgan fingerprint density at radius 2 is 1.70 bits per heavy atom. The summed E-state index contributed by atoms with van der Waals surface area (Å²) in [6.45, 7) is 0.409. The maximum absolute atomic E-state index is 13.3. The van der Waals surface area contributed by atoms with Gasteiger partial charge in [0.25, 0.3) is 0 Å². The van der Waals surface area contributed by atoms with Gasteiger partial charge in [-0.25, -0.2) is 12.8 Å². The third kappa shape index (κ3) is 4.60. The Morgan fingerprint density at radius 1 is 1.07 bits per heavy atom. The van der Waals surface area contributed by atoms with E-state index in [0.29, 0.717) is 23.6 Å². The number of nitrogens with zero attached hydrogens (tertiary/aromatic N) is 1. The van der Waals surface area contributed by atoms with E-state index in [1.807, 2.05) is 0 Å². The van der Waals surface area contributed by atoms with Crippen LogP contribution in [0.1, 0.15) is 12.8 Å². The van der Waals surface area contributed by atoms with Crippen molar-refractivity contribution in [1.29, 1.82) is 0 Å². The molecule has 2 aromatic carbocycles. The first kappa shape index (κ1) is 20.1. The van der Waals surface area contributed by atoms with Crippen LogP contribution in [0.3, 0.4) is 0 Å². The van der Waals surface area contributed by atoms with Crippen molar-refractivity contribution in [3.8, 4) is 0 Å². The SMILES string of the molecule is O=C(Nc1ccc(Cl)cc1)C1CCN(S(=O)(=O)c2ccc(F)c(Cl)c2)CC1. The van der Waals surface area contributed by atoms with Gasteiger partial charge in [0.1, 0.15) is 5.82 Å². The zero-order chi connectivity index (χ0) is 19.6. The molecule has 0 aliphatic carbocycles. The molecule has 1 amide bonds. The Labute approximate surface area is 167 Å². The summed E-state index contributed by atoms with van der Waals surface area (Å²) in [6.07, 6.45) is 0.793. The van der Waals surface area contributed by atoms with Crippen LogP contribution in [0.2, 0.25) is 10.0 Å². The molecule has 1 N–H and O–H groups in total. The van der Waals surface area contributed by atoms with E-state index in [9.17, 15) is 17.6 Å². The van der Waals surface area contributed by atoms with Gasteiger partial charge in [0.15, 0.2) is 0 Å². The van der Waals surface area contributed by atoms with Crippen LogP contribution in [-0.4, -0.2) is 31.7 Å². The second-order valence-electron chi connectivity index (χ2n) is 6.25. The number of halogens is 3. The molecule has 0 atom stereocenters. The first-order chi connectivity index (χ1) is 12.8. The van der Waals surface area contributed by atoms with E-state index in [0.717, 1.165) is 12.1 Å². The molecular weight excluding hydrogens is 414 g/mol. The van der Waals surface area contributed by atoms with Crippen LogP contribution in [0.25, 0.3) is 0 Å². The van der Waals surface area contributed by atoms with E-state index in [2.05, 4.69) is 5.32 Å². The summed E-state index contributed by atoms with van der Waals surface area (Å²) in [6, 6.07) is 10.1. The number of amides is 1. The minimum atomic E-state index is -3.78. The summed E-state index contributed by atoms with van der Waals surface area (Å²) in [5, 5.41) is 3.15. The summed E-state index contributed by atoms with van der Waals surface area (Å²) < 4.78 is 39.9. The van der Waals surface area contributed by atoms with Crippen molar-refractivity contribution in [2.45, 2.75) is 17.7 Å². The van der Waals surface area contributed by atoms with Crippen LogP contribution >= 0.6 is 23.2 Å². The number of carbonyl (C=O) groups excluding carboxylic acids is 1. The van der Waals surface area contributed by atoms with Crippen molar-refractivity contribution in [2.75, 3.05) is 18.4 Å². The van der Waals surface area contributed by atoms with E-state index in [-0.39, 0.29) is 34.8 Å². The minimum Gasteiger partial charge on any atom is -0.326 e. The molecule has 0 aromatic heterocycles. The van der Waals surface area contributed by atoms with Gasteiger partial charge in [0.05, 0.1) is 9.92 Å². The molecule has 1 saturated heterocycles. The fourth-order valence-electron chi connectivity index (χ4n) is 2.92. The molecule has 1 fully saturated rings. The topological polar surface area (TPSA) is 66.5 Å². The van der Waals surface area contributed by atoms with Crippen molar-refractivity contribution >= 4 is 44.8 Å². The summed E-state index contributed by atoms with van der Waals surface area (Å²) in [7, 11) is -3.78. The van der Waals surface area contributed by atoms with Crippen LogP contribution in [0.4, 0.5) is 10.1 Å². The van der Waals surface area contributed by atoms with Crippen LogP contribution in [0, 0.1) is 11.7 Å². The highest BCUT2D eigenvalue weighted by atomic mass is 35.5. The first-order valence-corrected chi connectivity index (χ1v) is 10.5. The monoisotopic (exact) mass is 430 g/mol. The average Bonchev–Trinajstić information content (AvgIpc) is 2.66. The smallest absolute Gasteiger partial charge is 0.243 e. The highest BCUT2D eigenvalue weighted by Crippen LogP contribution is 2.27. The lowest BCUT2D eigenvalue weighted by Crippen LogP contribution is -2.41.